The van der Waals surface area contributed by atoms with Crippen molar-refractivity contribution in [2.75, 3.05) is 25.1 Å². The first-order valence-electron chi connectivity index (χ1n) is 8.03. The third kappa shape index (κ3) is 4.95. The quantitative estimate of drug-likeness (QED) is 0.668. The van der Waals surface area contributed by atoms with Gasteiger partial charge in [-0.05, 0) is 18.6 Å². The second-order valence-corrected chi connectivity index (χ2v) is 5.41. The Morgan fingerprint density at radius 3 is 2.40 bits per heavy atom. The van der Waals surface area contributed by atoms with Crippen molar-refractivity contribution in [1.29, 1.82) is 0 Å². The molecule has 1 aliphatic rings. The lowest BCUT2D eigenvalue weighted by Gasteiger charge is -2.19. The Hall–Kier alpha value is -1.38. The van der Waals surface area contributed by atoms with Crippen molar-refractivity contribution in [3.8, 4) is 11.5 Å². The van der Waals surface area contributed by atoms with Gasteiger partial charge in [-0.15, -0.1) is 0 Å². The molecule has 0 aromatic heterocycles. The molecule has 0 fully saturated rings. The van der Waals surface area contributed by atoms with Crippen LogP contribution in [0.3, 0.4) is 0 Å². The third-order valence-corrected chi connectivity index (χ3v) is 3.65. The predicted molar refractivity (Wildman–Crippen MR) is 83.9 cm³/mol. The minimum absolute atomic E-state index is 0.647. The number of benzene rings is 1. The molecule has 1 aromatic rings. The van der Waals surface area contributed by atoms with E-state index in [4.69, 9.17) is 9.47 Å². The van der Waals surface area contributed by atoms with Crippen molar-refractivity contribution in [2.24, 2.45) is 0 Å². The zero-order valence-corrected chi connectivity index (χ0v) is 12.6. The van der Waals surface area contributed by atoms with Gasteiger partial charge in [-0.3, -0.25) is 0 Å². The van der Waals surface area contributed by atoms with Crippen LogP contribution in [0.15, 0.2) is 18.2 Å². The molecule has 112 valence electrons. The average molecular weight is 277 g/mol. The van der Waals surface area contributed by atoms with Gasteiger partial charge in [0.2, 0.25) is 0 Å². The Kier molecular flexibility index (Phi) is 6.55. The summed E-state index contributed by atoms with van der Waals surface area (Å²) in [6.45, 7) is 4.59. The number of hydrogen-bond donors (Lipinski definition) is 1. The highest BCUT2D eigenvalue weighted by Gasteiger charge is 2.11. The number of unbranched alkanes of at least 4 members (excludes halogenated alkanes) is 6. The van der Waals surface area contributed by atoms with E-state index < -0.39 is 0 Å². The monoisotopic (exact) mass is 277 g/mol. The fourth-order valence-electron chi connectivity index (χ4n) is 2.47. The molecule has 2 rings (SSSR count). The topological polar surface area (TPSA) is 30.5 Å². The molecule has 0 saturated heterocycles. The van der Waals surface area contributed by atoms with Gasteiger partial charge in [0.25, 0.3) is 0 Å². The average Bonchev–Trinajstić information content (AvgIpc) is 2.50. The van der Waals surface area contributed by atoms with Crippen LogP contribution in [-0.4, -0.2) is 19.8 Å². The fourth-order valence-corrected chi connectivity index (χ4v) is 2.47. The van der Waals surface area contributed by atoms with Crippen LogP contribution in [0, 0.1) is 0 Å². The maximum Gasteiger partial charge on any atom is 0.163 e. The molecule has 0 unspecified atom stereocenters. The van der Waals surface area contributed by atoms with Gasteiger partial charge in [-0.2, -0.15) is 0 Å². The first-order chi connectivity index (χ1) is 9.90. The second-order valence-electron chi connectivity index (χ2n) is 5.41. The maximum absolute atomic E-state index is 5.58. The fraction of sp³-hybridized carbons (Fsp3) is 0.647. The third-order valence-electron chi connectivity index (χ3n) is 3.65. The van der Waals surface area contributed by atoms with Crippen molar-refractivity contribution in [1.82, 2.24) is 0 Å². The molecule has 0 amide bonds. The van der Waals surface area contributed by atoms with Crippen LogP contribution in [0.2, 0.25) is 0 Å². The summed E-state index contributed by atoms with van der Waals surface area (Å²) >= 11 is 0. The highest BCUT2D eigenvalue weighted by molar-refractivity contribution is 5.55. The van der Waals surface area contributed by atoms with Gasteiger partial charge in [-0.1, -0.05) is 45.4 Å². The van der Waals surface area contributed by atoms with E-state index in [-0.39, 0.29) is 0 Å². The molecule has 0 radical (unpaired) electrons. The van der Waals surface area contributed by atoms with Crippen molar-refractivity contribution in [3.05, 3.63) is 18.2 Å². The Bertz CT molecular complexity index is 393. The van der Waals surface area contributed by atoms with E-state index in [1.807, 2.05) is 12.1 Å². The van der Waals surface area contributed by atoms with E-state index in [1.54, 1.807) is 0 Å². The Labute approximate surface area is 122 Å². The molecule has 0 aliphatic carbocycles. The molecule has 1 aliphatic heterocycles. The summed E-state index contributed by atoms with van der Waals surface area (Å²) in [5.41, 5.74) is 1.13. The minimum Gasteiger partial charge on any atom is -0.486 e. The lowest BCUT2D eigenvalue weighted by molar-refractivity contribution is 0.171. The van der Waals surface area contributed by atoms with Crippen LogP contribution >= 0.6 is 0 Å². The largest absolute Gasteiger partial charge is 0.486 e. The standard InChI is InChI=1S/C17H27NO2/c1-2-3-4-5-6-7-8-11-18-15-9-10-16-17(14-15)20-13-12-19-16/h9-10,14,18H,2-8,11-13H2,1H3. The second kappa shape index (κ2) is 8.72. The lowest BCUT2D eigenvalue weighted by Crippen LogP contribution is -2.15. The molecule has 20 heavy (non-hydrogen) atoms. The molecular weight excluding hydrogens is 250 g/mol. The van der Waals surface area contributed by atoms with Gasteiger partial charge in [0.15, 0.2) is 11.5 Å². The molecule has 3 heteroatoms. The smallest absolute Gasteiger partial charge is 0.163 e. The molecular formula is C17H27NO2. The van der Waals surface area contributed by atoms with Crippen molar-refractivity contribution < 1.29 is 9.47 Å². The summed E-state index contributed by atoms with van der Waals surface area (Å²) in [5, 5.41) is 3.46. The van der Waals surface area contributed by atoms with Gasteiger partial charge in [-0.25, -0.2) is 0 Å². The van der Waals surface area contributed by atoms with E-state index in [1.165, 1.54) is 44.9 Å². The summed E-state index contributed by atoms with van der Waals surface area (Å²) in [6, 6.07) is 6.09. The summed E-state index contributed by atoms with van der Waals surface area (Å²) in [5.74, 6) is 1.72. The Balaban J connectivity index is 1.60. The molecule has 3 nitrogen and oxygen atoms in total. The zero-order chi connectivity index (χ0) is 14.0. The first kappa shape index (κ1) is 15.0. The minimum atomic E-state index is 0.647. The van der Waals surface area contributed by atoms with E-state index in [0.717, 1.165) is 23.7 Å². The number of nitrogens with one attached hydrogen (secondary N) is 1. The number of rotatable bonds is 9. The van der Waals surface area contributed by atoms with Gasteiger partial charge < -0.3 is 14.8 Å². The SMILES string of the molecule is CCCCCCCCCNc1ccc2c(c1)OCCO2. The van der Waals surface area contributed by atoms with Gasteiger partial charge in [0, 0.05) is 18.3 Å². The van der Waals surface area contributed by atoms with Crippen LogP contribution in [0.4, 0.5) is 5.69 Å². The Morgan fingerprint density at radius 1 is 0.900 bits per heavy atom. The molecule has 1 heterocycles. The number of anilines is 1. The summed E-state index contributed by atoms with van der Waals surface area (Å²) in [7, 11) is 0. The first-order valence-corrected chi connectivity index (χ1v) is 8.03. The number of hydrogen-bond acceptors (Lipinski definition) is 3. The van der Waals surface area contributed by atoms with Crippen LogP contribution < -0.4 is 14.8 Å². The number of ether oxygens (including phenoxy) is 2. The van der Waals surface area contributed by atoms with Crippen molar-refractivity contribution >= 4 is 5.69 Å². The summed E-state index contributed by atoms with van der Waals surface area (Å²) in [6.07, 6.45) is 9.41. The Morgan fingerprint density at radius 2 is 1.60 bits per heavy atom. The van der Waals surface area contributed by atoms with Crippen LogP contribution in [0.1, 0.15) is 51.9 Å². The van der Waals surface area contributed by atoms with Crippen molar-refractivity contribution in [3.63, 3.8) is 0 Å². The summed E-state index contributed by atoms with van der Waals surface area (Å²) in [4.78, 5) is 0. The number of fused-ring (bicyclic) bond motifs is 1. The maximum atomic E-state index is 5.58. The van der Waals surface area contributed by atoms with Gasteiger partial charge in [0.1, 0.15) is 13.2 Å². The zero-order valence-electron chi connectivity index (χ0n) is 12.6. The summed E-state index contributed by atoms with van der Waals surface area (Å²) < 4.78 is 11.1. The predicted octanol–water partition coefficient (Wildman–Crippen LogP) is 4.62. The van der Waals surface area contributed by atoms with Crippen molar-refractivity contribution in [2.45, 2.75) is 51.9 Å². The van der Waals surface area contributed by atoms with Crippen LogP contribution in [0.5, 0.6) is 11.5 Å². The highest BCUT2D eigenvalue weighted by atomic mass is 16.6. The van der Waals surface area contributed by atoms with Gasteiger partial charge in [0.05, 0.1) is 0 Å². The molecule has 1 aromatic carbocycles. The van der Waals surface area contributed by atoms with Crippen LogP contribution in [0.25, 0.3) is 0 Å². The van der Waals surface area contributed by atoms with E-state index in [0.29, 0.717) is 13.2 Å². The lowest BCUT2D eigenvalue weighted by atomic mass is 10.1. The molecule has 1 N–H and O–H groups in total. The highest BCUT2D eigenvalue weighted by Crippen LogP contribution is 2.32. The van der Waals surface area contributed by atoms with Gasteiger partial charge >= 0.3 is 0 Å². The molecule has 0 spiro atoms. The molecule has 0 saturated carbocycles. The van der Waals surface area contributed by atoms with Crippen LogP contribution in [-0.2, 0) is 0 Å². The van der Waals surface area contributed by atoms with E-state index in [2.05, 4.69) is 18.3 Å². The molecule has 0 atom stereocenters. The van der Waals surface area contributed by atoms with E-state index >= 15 is 0 Å². The van der Waals surface area contributed by atoms with E-state index in [9.17, 15) is 0 Å². The molecule has 0 bridgehead atoms. The normalized spacial score (nSPS) is 13.2.